The number of carboxylic acid groups (broad SMARTS) is 1. The van der Waals surface area contributed by atoms with Crippen LogP contribution in [0.5, 0.6) is 0 Å². The van der Waals surface area contributed by atoms with E-state index in [2.05, 4.69) is 21.4 Å². The molecule has 0 heterocycles. The number of aryl methyl sites for hydroxylation is 2. The molecule has 0 saturated carbocycles. The van der Waals surface area contributed by atoms with Crippen LogP contribution in [0.1, 0.15) is 11.1 Å². The number of hydrazone groups is 1. The Labute approximate surface area is 251 Å². The topological polar surface area (TPSA) is 198 Å². The quantitative estimate of drug-likeness (QED) is 0.110. The monoisotopic (exact) mass is 611 g/mol. The van der Waals surface area contributed by atoms with E-state index in [1.807, 2.05) is 50.2 Å². The minimum absolute atomic E-state index is 0.0108. The minimum atomic E-state index is -4.57. The number of carbonyl (C=O) groups is 3. The highest BCUT2D eigenvalue weighted by atomic mass is 32.2. The van der Waals surface area contributed by atoms with Crippen LogP contribution in [0, 0.1) is 19.3 Å². The van der Waals surface area contributed by atoms with Crippen LogP contribution in [0.15, 0.2) is 111 Å². The van der Waals surface area contributed by atoms with Gasteiger partial charge in [0.25, 0.3) is 10.1 Å². The third kappa shape index (κ3) is 6.09. The molecule has 0 bridgehead atoms. The van der Waals surface area contributed by atoms with Gasteiger partial charge >= 0.3 is 5.97 Å². The van der Waals surface area contributed by atoms with Crippen molar-refractivity contribution >= 4 is 50.5 Å². The Kier molecular flexibility index (Phi) is 7.83. The van der Waals surface area contributed by atoms with Crippen molar-refractivity contribution in [2.24, 2.45) is 5.10 Å². The number of nitrogens with zero attached hydrogens (tertiary/aromatic N) is 1. The number of carboxylic acids is 1. The van der Waals surface area contributed by atoms with Gasteiger partial charge in [-0.05, 0) is 96.3 Å². The summed E-state index contributed by atoms with van der Waals surface area (Å²) in [5, 5.41) is 21.6. The number of carbonyl (C=O) groups excluding carboxylic acids is 2. The number of fused-ring (bicyclic) bond motifs is 1. The van der Waals surface area contributed by atoms with Gasteiger partial charge in [0.05, 0.1) is 39.0 Å². The smallest absolute Gasteiger partial charge is 0.339 e. The molecule has 3 aliphatic carbocycles. The van der Waals surface area contributed by atoms with Crippen molar-refractivity contribution < 1.29 is 32.5 Å². The predicted molar refractivity (Wildman–Crippen MR) is 166 cm³/mol. The molecule has 13 heteroatoms. The number of hydrazine groups is 1. The zero-order chi connectivity index (χ0) is 31.8. The van der Waals surface area contributed by atoms with Crippen LogP contribution < -0.4 is 16.3 Å². The molecule has 0 radical (unpaired) electrons. The Hall–Kier alpha value is -5.66. The molecule has 0 atom stereocenters. The van der Waals surface area contributed by atoms with Gasteiger partial charge < -0.3 is 10.5 Å². The van der Waals surface area contributed by atoms with Gasteiger partial charge in [-0.2, -0.15) is 13.5 Å². The number of benzene rings is 2. The van der Waals surface area contributed by atoms with E-state index in [-0.39, 0.29) is 28.1 Å². The summed E-state index contributed by atoms with van der Waals surface area (Å²) in [5.74, 6) is -2.57. The van der Waals surface area contributed by atoms with Gasteiger partial charge in [-0.25, -0.2) is 4.79 Å². The molecule has 3 aliphatic rings. The van der Waals surface area contributed by atoms with Crippen LogP contribution >= 0.6 is 0 Å². The van der Waals surface area contributed by atoms with Crippen LogP contribution in [0.2, 0.25) is 0 Å². The third-order valence-electron chi connectivity index (χ3n) is 6.96. The number of nitrogens with one attached hydrogen (secondary N) is 4. The first-order chi connectivity index (χ1) is 20.8. The second-order valence-corrected chi connectivity index (χ2v) is 11.4. The molecule has 0 unspecified atom stereocenters. The molecule has 0 fully saturated rings. The summed E-state index contributed by atoms with van der Waals surface area (Å²) in [6.07, 6.45) is 8.65. The largest absolute Gasteiger partial charge is 0.478 e. The van der Waals surface area contributed by atoms with Crippen LogP contribution in [0.25, 0.3) is 11.1 Å². The average Bonchev–Trinajstić information content (AvgIpc) is 2.96. The molecular formula is C31H25N5O7S. The van der Waals surface area contributed by atoms with E-state index in [9.17, 15) is 27.4 Å². The Balaban J connectivity index is 1.31. The zero-order valence-corrected chi connectivity index (χ0v) is 24.1. The Bertz CT molecular complexity index is 2010. The van der Waals surface area contributed by atoms with Crippen molar-refractivity contribution in [2.75, 3.05) is 10.9 Å². The molecule has 2 aromatic carbocycles. The highest BCUT2D eigenvalue weighted by Crippen LogP contribution is 2.31. The molecule has 0 amide bonds. The number of hydrogen-bond acceptors (Lipinski definition) is 10. The van der Waals surface area contributed by atoms with Gasteiger partial charge in [0.1, 0.15) is 5.57 Å². The van der Waals surface area contributed by atoms with Crippen molar-refractivity contribution in [3.05, 3.63) is 117 Å². The van der Waals surface area contributed by atoms with Gasteiger partial charge in [-0.3, -0.25) is 30.4 Å². The van der Waals surface area contributed by atoms with E-state index in [0.717, 1.165) is 34.4 Å². The molecule has 0 spiro atoms. The van der Waals surface area contributed by atoms with Crippen LogP contribution in [0.4, 0.5) is 11.4 Å². The van der Waals surface area contributed by atoms with E-state index < -0.39 is 32.6 Å². The van der Waals surface area contributed by atoms with Crippen molar-refractivity contribution in [1.29, 1.82) is 5.41 Å². The minimum Gasteiger partial charge on any atom is -0.478 e. The molecule has 2 aromatic rings. The average molecular weight is 612 g/mol. The van der Waals surface area contributed by atoms with Crippen molar-refractivity contribution in [3.8, 4) is 11.1 Å². The number of rotatable bonds is 8. The van der Waals surface area contributed by atoms with Gasteiger partial charge in [0.15, 0.2) is 11.6 Å². The van der Waals surface area contributed by atoms with Gasteiger partial charge in [0.2, 0.25) is 0 Å². The Morgan fingerprint density at radius 3 is 2.11 bits per heavy atom. The van der Waals surface area contributed by atoms with Crippen molar-refractivity contribution in [3.63, 3.8) is 0 Å². The predicted octanol–water partition coefficient (Wildman–Crippen LogP) is 3.93. The molecular weight excluding hydrogens is 586 g/mol. The molecule has 0 aromatic heterocycles. The Morgan fingerprint density at radius 2 is 1.50 bits per heavy atom. The molecule has 222 valence electrons. The van der Waals surface area contributed by atoms with E-state index in [4.69, 9.17) is 10.5 Å². The fourth-order valence-electron chi connectivity index (χ4n) is 4.64. The fourth-order valence-corrected chi connectivity index (χ4v) is 5.17. The van der Waals surface area contributed by atoms with Crippen molar-refractivity contribution in [2.45, 2.75) is 13.8 Å². The molecule has 0 aliphatic heterocycles. The first kappa shape index (κ1) is 29.8. The maximum atomic E-state index is 12.7. The molecule has 12 nitrogen and oxygen atoms in total. The lowest BCUT2D eigenvalue weighted by atomic mass is 9.89. The van der Waals surface area contributed by atoms with Gasteiger partial charge in [-0.1, -0.05) is 18.2 Å². The second kappa shape index (κ2) is 11.6. The molecule has 5 rings (SSSR count). The normalized spacial score (nSPS) is 17.2. The zero-order valence-electron chi connectivity index (χ0n) is 23.3. The second-order valence-electron chi connectivity index (χ2n) is 10.0. The molecule has 6 N–H and O–H groups in total. The summed E-state index contributed by atoms with van der Waals surface area (Å²) in [4.78, 5) is 35.1. The highest BCUT2D eigenvalue weighted by molar-refractivity contribution is 7.90. The van der Waals surface area contributed by atoms with Gasteiger partial charge in [-0.15, -0.1) is 0 Å². The lowest BCUT2D eigenvalue weighted by molar-refractivity contribution is -0.134. The number of anilines is 2. The van der Waals surface area contributed by atoms with Crippen LogP contribution in [0.3, 0.4) is 0 Å². The van der Waals surface area contributed by atoms with E-state index in [1.165, 1.54) is 30.4 Å². The summed E-state index contributed by atoms with van der Waals surface area (Å²) in [7, 11) is -4.57. The summed E-state index contributed by atoms with van der Waals surface area (Å²) in [5.41, 5.74) is 14.2. The number of allylic oxidation sites excluding steroid dienone is 9. The van der Waals surface area contributed by atoms with E-state index >= 15 is 0 Å². The van der Waals surface area contributed by atoms with Crippen molar-refractivity contribution in [1.82, 2.24) is 5.43 Å². The van der Waals surface area contributed by atoms with E-state index in [1.54, 1.807) is 0 Å². The maximum absolute atomic E-state index is 12.7. The number of ketones is 2. The highest BCUT2D eigenvalue weighted by Gasteiger charge is 2.29. The molecule has 44 heavy (non-hydrogen) atoms. The summed E-state index contributed by atoms with van der Waals surface area (Å²) in [6, 6.07) is 11.4. The Morgan fingerprint density at radius 1 is 0.841 bits per heavy atom. The van der Waals surface area contributed by atoms with E-state index in [0.29, 0.717) is 17.1 Å². The van der Waals surface area contributed by atoms with Gasteiger partial charge in [0, 0.05) is 6.08 Å². The first-order valence-electron chi connectivity index (χ1n) is 13.0. The summed E-state index contributed by atoms with van der Waals surface area (Å²) >= 11 is 0. The van der Waals surface area contributed by atoms with Crippen LogP contribution in [-0.4, -0.2) is 47.0 Å². The van der Waals surface area contributed by atoms with Crippen LogP contribution in [-0.2, 0) is 24.5 Å². The summed E-state index contributed by atoms with van der Waals surface area (Å²) < 4.78 is 32.4. The number of aliphatic carboxylic acids is 1. The molecule has 0 saturated heterocycles. The SMILES string of the molecule is Cc1cc(-c2ccc(NNC3=C4C(=O)C=C(S(=O)(=O)O)C=C4C=CC3=N)c(C)c2)ccc1N/N=C1/C=CC(=O)C(C(=O)O)=C1. The number of hydrogen-bond donors (Lipinski definition) is 6. The fraction of sp³-hybridized carbons (Fsp3) is 0.0645. The lowest BCUT2D eigenvalue weighted by Gasteiger charge is -2.23. The lowest BCUT2D eigenvalue weighted by Crippen LogP contribution is -2.31. The third-order valence-corrected chi connectivity index (χ3v) is 7.79. The first-order valence-corrected chi connectivity index (χ1v) is 14.5. The standard InChI is InChI=1S/C31H25N5O7S/c1-16-11-18(4-8-25(16)34-33-21-6-10-27(37)23(14-21)31(39)40)19-5-9-26(17(2)12-19)35-36-30-24(32)7-3-20-13-22(44(41,42)43)15-28(38)29(20)30/h3-15,32,34-36H,1-2H3,(H,39,40)(H,41,42,43)/b32-24?,33-21-. The summed E-state index contributed by atoms with van der Waals surface area (Å²) in [6.45, 7) is 3.78. The maximum Gasteiger partial charge on any atom is 0.339 e.